The zero-order valence-electron chi connectivity index (χ0n) is 10.9. The van der Waals surface area contributed by atoms with Gasteiger partial charge < -0.3 is 11.1 Å². The van der Waals surface area contributed by atoms with Crippen LogP contribution < -0.4 is 11.1 Å². The number of thioether (sulfide) groups is 1. The van der Waals surface area contributed by atoms with Crippen LogP contribution in [0.15, 0.2) is 23.3 Å². The second kappa shape index (κ2) is 5.28. The van der Waals surface area contributed by atoms with Gasteiger partial charge in [-0.1, -0.05) is 11.8 Å². The average Bonchev–Trinajstić information content (AvgIpc) is 3.22. The molecule has 108 valence electrons. The minimum atomic E-state index is -0.974. The van der Waals surface area contributed by atoms with Crippen LogP contribution in [-0.4, -0.2) is 33.0 Å². The molecule has 0 spiro atoms. The van der Waals surface area contributed by atoms with E-state index in [2.05, 4.69) is 15.3 Å². The molecule has 0 bridgehead atoms. The molecule has 1 fully saturated rings. The monoisotopic (exact) mass is 304 g/mol. The van der Waals surface area contributed by atoms with Gasteiger partial charge in [0.2, 0.25) is 11.8 Å². The molecule has 2 heterocycles. The van der Waals surface area contributed by atoms with Crippen LogP contribution in [0.5, 0.6) is 0 Å². The van der Waals surface area contributed by atoms with Crippen LogP contribution in [-0.2, 0) is 14.4 Å². The zero-order valence-corrected chi connectivity index (χ0v) is 11.7. The number of anilines is 1. The van der Waals surface area contributed by atoms with E-state index in [1.54, 1.807) is 12.1 Å². The molecular weight excluding hydrogens is 292 g/mol. The van der Waals surface area contributed by atoms with Crippen LogP contribution in [0.1, 0.15) is 18.4 Å². The third-order valence-corrected chi connectivity index (χ3v) is 4.35. The molecule has 7 nitrogen and oxygen atoms in total. The van der Waals surface area contributed by atoms with Crippen molar-refractivity contribution in [3.63, 3.8) is 0 Å². The number of hydrogen-bond donors (Lipinski definition) is 2. The first-order chi connectivity index (χ1) is 10.0. The van der Waals surface area contributed by atoms with Crippen molar-refractivity contribution in [3.05, 3.63) is 23.9 Å². The van der Waals surface area contributed by atoms with Crippen LogP contribution in [0.2, 0.25) is 0 Å². The number of rotatable bonds is 4. The highest BCUT2D eigenvalue weighted by Gasteiger charge is 2.34. The summed E-state index contributed by atoms with van der Waals surface area (Å²) in [5.74, 6) is -0.827. The second-order valence-electron chi connectivity index (χ2n) is 4.85. The summed E-state index contributed by atoms with van der Waals surface area (Å²) < 4.78 is 0. The maximum Gasteiger partial charge on any atom is 0.269 e. The number of aliphatic imine (C=N–C) groups is 1. The van der Waals surface area contributed by atoms with Gasteiger partial charge in [-0.2, -0.15) is 0 Å². The van der Waals surface area contributed by atoms with E-state index in [1.165, 1.54) is 6.20 Å². The predicted octanol–water partition coefficient (Wildman–Crippen LogP) is 0.304. The molecule has 1 unspecified atom stereocenters. The molecule has 1 aliphatic carbocycles. The van der Waals surface area contributed by atoms with Crippen molar-refractivity contribution >= 4 is 40.3 Å². The fourth-order valence-electron chi connectivity index (χ4n) is 1.87. The van der Waals surface area contributed by atoms with Crippen LogP contribution in [0.3, 0.4) is 0 Å². The number of carbonyl (C=O) groups is 3. The Hall–Kier alpha value is -2.22. The second-order valence-corrected chi connectivity index (χ2v) is 5.94. The van der Waals surface area contributed by atoms with Gasteiger partial charge in [0.15, 0.2) is 5.25 Å². The Morgan fingerprint density at radius 2 is 2.14 bits per heavy atom. The number of aromatic nitrogens is 1. The number of primary amides is 1. The summed E-state index contributed by atoms with van der Waals surface area (Å²) in [5, 5.41) is 2.16. The Bertz CT molecular complexity index is 669. The molecule has 0 saturated heterocycles. The third-order valence-electron chi connectivity index (χ3n) is 3.13. The fourth-order valence-corrected chi connectivity index (χ4v) is 2.76. The molecule has 0 aromatic carbocycles. The molecule has 3 amide bonds. The number of carbonyl (C=O) groups excluding carboxylic acids is 3. The molecule has 0 radical (unpaired) electrons. The smallest absolute Gasteiger partial charge is 0.269 e. The van der Waals surface area contributed by atoms with Crippen molar-refractivity contribution in [2.24, 2.45) is 16.6 Å². The Balaban J connectivity index is 1.77. The van der Waals surface area contributed by atoms with Crippen LogP contribution >= 0.6 is 11.8 Å². The SMILES string of the molecule is NC(=O)C1SC(c2ccnc(NC(=O)C3CC3)c2)=NC1=O. The first-order valence-electron chi connectivity index (χ1n) is 6.40. The van der Waals surface area contributed by atoms with Gasteiger partial charge in [-0.15, -0.1) is 0 Å². The normalized spacial score (nSPS) is 21.0. The Morgan fingerprint density at radius 1 is 1.38 bits per heavy atom. The van der Waals surface area contributed by atoms with Gasteiger partial charge in [0.1, 0.15) is 10.9 Å². The van der Waals surface area contributed by atoms with Crippen molar-refractivity contribution in [3.8, 4) is 0 Å². The molecule has 3 rings (SSSR count). The van der Waals surface area contributed by atoms with Crippen LogP contribution in [0.25, 0.3) is 0 Å². The quantitative estimate of drug-likeness (QED) is 0.777. The lowest BCUT2D eigenvalue weighted by Gasteiger charge is -2.06. The fraction of sp³-hybridized carbons (Fsp3) is 0.308. The number of nitrogens with two attached hydrogens (primary N) is 1. The van der Waals surface area contributed by atoms with Crippen molar-refractivity contribution in [2.75, 3.05) is 5.32 Å². The Morgan fingerprint density at radius 3 is 2.76 bits per heavy atom. The lowest BCUT2D eigenvalue weighted by molar-refractivity contribution is -0.124. The van der Waals surface area contributed by atoms with Crippen molar-refractivity contribution in [1.82, 2.24) is 4.98 Å². The van der Waals surface area contributed by atoms with Gasteiger partial charge in [-0.25, -0.2) is 9.98 Å². The van der Waals surface area contributed by atoms with Gasteiger partial charge >= 0.3 is 0 Å². The predicted molar refractivity (Wildman–Crippen MR) is 77.7 cm³/mol. The molecule has 1 aliphatic heterocycles. The van der Waals surface area contributed by atoms with E-state index in [4.69, 9.17) is 5.73 Å². The van der Waals surface area contributed by atoms with E-state index in [1.807, 2.05) is 0 Å². The lowest BCUT2D eigenvalue weighted by atomic mass is 10.2. The highest BCUT2D eigenvalue weighted by Crippen LogP contribution is 2.30. The molecule has 8 heteroatoms. The molecule has 21 heavy (non-hydrogen) atoms. The number of hydrogen-bond acceptors (Lipinski definition) is 5. The van der Waals surface area contributed by atoms with E-state index in [9.17, 15) is 14.4 Å². The summed E-state index contributed by atoms with van der Waals surface area (Å²) in [6.07, 6.45) is 3.33. The highest BCUT2D eigenvalue weighted by atomic mass is 32.2. The van der Waals surface area contributed by atoms with Gasteiger partial charge in [-0.3, -0.25) is 14.4 Å². The van der Waals surface area contributed by atoms with Crippen LogP contribution in [0.4, 0.5) is 5.82 Å². The van der Waals surface area contributed by atoms with Gasteiger partial charge in [-0.05, 0) is 25.0 Å². The maximum absolute atomic E-state index is 11.7. The standard InChI is InChI=1S/C13H12N4O3S/c14-10(18)9-12(20)17-13(21-9)7-3-4-15-8(5-7)16-11(19)6-1-2-6/h3-6,9H,1-2H2,(H2,14,18)(H,15,16,19). The zero-order chi connectivity index (χ0) is 15.0. The highest BCUT2D eigenvalue weighted by molar-refractivity contribution is 8.16. The molecule has 1 aromatic heterocycles. The Kier molecular flexibility index (Phi) is 3.46. The van der Waals surface area contributed by atoms with Gasteiger partial charge in [0, 0.05) is 17.7 Å². The minimum Gasteiger partial charge on any atom is -0.368 e. The first kappa shape index (κ1) is 13.7. The third kappa shape index (κ3) is 2.94. The van der Waals surface area contributed by atoms with E-state index >= 15 is 0 Å². The number of pyridine rings is 1. The van der Waals surface area contributed by atoms with E-state index < -0.39 is 17.1 Å². The molecule has 1 aromatic rings. The minimum absolute atomic E-state index is 0.0493. The van der Waals surface area contributed by atoms with E-state index in [0.717, 1.165) is 24.6 Å². The average molecular weight is 304 g/mol. The molecule has 2 aliphatic rings. The largest absolute Gasteiger partial charge is 0.368 e. The summed E-state index contributed by atoms with van der Waals surface area (Å²) in [7, 11) is 0. The van der Waals surface area contributed by atoms with E-state index in [-0.39, 0.29) is 11.8 Å². The summed E-state index contributed by atoms with van der Waals surface area (Å²) in [6, 6.07) is 3.29. The number of nitrogens with zero attached hydrogens (tertiary/aromatic N) is 2. The first-order valence-corrected chi connectivity index (χ1v) is 7.28. The number of amides is 3. The van der Waals surface area contributed by atoms with Gasteiger partial charge in [0.05, 0.1) is 0 Å². The van der Waals surface area contributed by atoms with Crippen molar-refractivity contribution in [2.45, 2.75) is 18.1 Å². The molecule has 3 N–H and O–H groups in total. The number of nitrogens with one attached hydrogen (secondary N) is 1. The van der Waals surface area contributed by atoms with Gasteiger partial charge in [0.25, 0.3) is 5.91 Å². The lowest BCUT2D eigenvalue weighted by Crippen LogP contribution is -2.29. The van der Waals surface area contributed by atoms with Crippen LogP contribution in [0, 0.1) is 5.92 Å². The summed E-state index contributed by atoms with van der Waals surface area (Å²) in [6.45, 7) is 0. The summed E-state index contributed by atoms with van der Waals surface area (Å²) in [4.78, 5) is 42.3. The van der Waals surface area contributed by atoms with E-state index in [0.29, 0.717) is 16.4 Å². The molecule has 1 atom stereocenters. The Labute approximate surface area is 124 Å². The summed E-state index contributed by atoms with van der Waals surface area (Å²) in [5.41, 5.74) is 5.76. The summed E-state index contributed by atoms with van der Waals surface area (Å²) >= 11 is 1.01. The van der Waals surface area contributed by atoms with Crippen molar-refractivity contribution in [1.29, 1.82) is 0 Å². The van der Waals surface area contributed by atoms with Crippen molar-refractivity contribution < 1.29 is 14.4 Å². The maximum atomic E-state index is 11.7. The topological polar surface area (TPSA) is 115 Å². The molecular formula is C13H12N4O3S. The molecule has 1 saturated carbocycles.